The molecule has 7 heteroatoms. The van der Waals surface area contributed by atoms with Gasteiger partial charge in [0.05, 0.1) is 20.1 Å². The number of thiazole rings is 1. The molecule has 3 aliphatic heterocycles. The summed E-state index contributed by atoms with van der Waals surface area (Å²) in [6, 6.07) is 8.00. The fraction of sp³-hybridized carbons (Fsp3) is 0.550. The van der Waals surface area contributed by atoms with Crippen LogP contribution in [-0.2, 0) is 9.59 Å². The van der Waals surface area contributed by atoms with Gasteiger partial charge in [-0.25, -0.2) is 4.98 Å². The van der Waals surface area contributed by atoms with Crippen molar-refractivity contribution in [1.82, 2.24) is 14.8 Å². The third kappa shape index (κ3) is 2.86. The SMILES string of the molecule is CC12CCC(=O)N1C(C(=O)N1CCC(c3nc4ccccc4s3)CC1)CS2. The highest BCUT2D eigenvalue weighted by molar-refractivity contribution is 8.01. The van der Waals surface area contributed by atoms with Gasteiger partial charge in [-0.3, -0.25) is 9.59 Å². The zero-order valence-corrected chi connectivity index (χ0v) is 17.0. The Kier molecular flexibility index (Phi) is 4.20. The highest BCUT2D eigenvalue weighted by Gasteiger charge is 2.53. The van der Waals surface area contributed by atoms with Gasteiger partial charge in [-0.2, -0.15) is 0 Å². The standard InChI is InChI=1S/C20H23N3O2S2/c1-20-9-6-17(24)23(20)15(12-26-20)19(25)22-10-7-13(8-11-22)18-21-14-4-2-3-5-16(14)27-18/h2-5,13,15H,6-12H2,1H3. The fourth-order valence-electron chi connectivity index (χ4n) is 4.63. The summed E-state index contributed by atoms with van der Waals surface area (Å²) in [5.41, 5.74) is 1.07. The van der Waals surface area contributed by atoms with Crippen molar-refractivity contribution in [1.29, 1.82) is 0 Å². The number of para-hydroxylation sites is 1. The molecule has 3 saturated heterocycles. The van der Waals surface area contributed by atoms with Gasteiger partial charge < -0.3 is 9.80 Å². The van der Waals surface area contributed by atoms with Crippen LogP contribution in [0.4, 0.5) is 0 Å². The monoisotopic (exact) mass is 401 g/mol. The Bertz CT molecular complexity index is 873. The van der Waals surface area contributed by atoms with E-state index >= 15 is 0 Å². The molecule has 5 rings (SSSR count). The van der Waals surface area contributed by atoms with Crippen LogP contribution >= 0.6 is 23.1 Å². The van der Waals surface area contributed by atoms with Crippen molar-refractivity contribution in [2.75, 3.05) is 18.8 Å². The topological polar surface area (TPSA) is 53.5 Å². The molecule has 2 aromatic rings. The van der Waals surface area contributed by atoms with E-state index in [2.05, 4.69) is 25.1 Å². The first-order valence-electron chi connectivity index (χ1n) is 9.65. The highest BCUT2D eigenvalue weighted by atomic mass is 32.2. The van der Waals surface area contributed by atoms with Gasteiger partial charge in [0.2, 0.25) is 11.8 Å². The number of hydrogen-bond donors (Lipinski definition) is 0. The average Bonchev–Trinajstić information content (AvgIpc) is 3.34. The van der Waals surface area contributed by atoms with E-state index in [1.807, 2.05) is 15.9 Å². The second kappa shape index (κ2) is 6.48. The number of carbonyl (C=O) groups is 2. The minimum Gasteiger partial charge on any atom is -0.341 e. The van der Waals surface area contributed by atoms with Crippen LogP contribution < -0.4 is 0 Å². The summed E-state index contributed by atoms with van der Waals surface area (Å²) in [7, 11) is 0. The summed E-state index contributed by atoms with van der Waals surface area (Å²) in [6.45, 7) is 3.63. The van der Waals surface area contributed by atoms with Gasteiger partial charge >= 0.3 is 0 Å². The van der Waals surface area contributed by atoms with Gasteiger partial charge in [-0.15, -0.1) is 23.1 Å². The van der Waals surface area contributed by atoms with E-state index in [0.717, 1.165) is 43.6 Å². The Morgan fingerprint density at radius 2 is 2.04 bits per heavy atom. The Labute approximate surface area is 167 Å². The van der Waals surface area contributed by atoms with Crippen molar-refractivity contribution in [3.8, 4) is 0 Å². The lowest BCUT2D eigenvalue weighted by Gasteiger charge is -2.36. The van der Waals surface area contributed by atoms with Gasteiger partial charge in [-0.1, -0.05) is 12.1 Å². The van der Waals surface area contributed by atoms with Crippen LogP contribution in [0.25, 0.3) is 10.2 Å². The van der Waals surface area contributed by atoms with E-state index in [1.54, 1.807) is 23.1 Å². The van der Waals surface area contributed by atoms with Crippen molar-refractivity contribution in [3.05, 3.63) is 29.3 Å². The molecule has 3 aliphatic rings. The zero-order chi connectivity index (χ0) is 18.6. The summed E-state index contributed by atoms with van der Waals surface area (Å²) >= 11 is 3.55. The summed E-state index contributed by atoms with van der Waals surface area (Å²) in [4.78, 5) is 33.9. The second-order valence-corrected chi connectivity index (χ2v) is 10.4. The first-order valence-corrected chi connectivity index (χ1v) is 11.5. The fourth-order valence-corrected chi connectivity index (χ4v) is 7.19. The number of hydrogen-bond acceptors (Lipinski definition) is 5. The first-order chi connectivity index (χ1) is 13.0. The molecule has 5 nitrogen and oxygen atoms in total. The quantitative estimate of drug-likeness (QED) is 0.773. The molecule has 3 fully saturated rings. The predicted molar refractivity (Wildman–Crippen MR) is 109 cm³/mol. The maximum atomic E-state index is 13.1. The molecule has 0 saturated carbocycles. The number of carbonyl (C=O) groups excluding carboxylic acids is 2. The van der Waals surface area contributed by atoms with Crippen molar-refractivity contribution in [3.63, 3.8) is 0 Å². The van der Waals surface area contributed by atoms with Crippen LogP contribution in [0.3, 0.4) is 0 Å². The minimum absolute atomic E-state index is 0.143. The highest BCUT2D eigenvalue weighted by Crippen LogP contribution is 2.47. The first kappa shape index (κ1) is 17.5. The number of nitrogens with zero attached hydrogens (tertiary/aromatic N) is 3. The van der Waals surface area contributed by atoms with Crippen molar-refractivity contribution in [2.24, 2.45) is 0 Å². The Balaban J connectivity index is 1.26. The third-order valence-corrected chi connectivity index (χ3v) is 8.90. The summed E-state index contributed by atoms with van der Waals surface area (Å²) in [6.07, 6.45) is 3.35. The normalized spacial score (nSPS) is 28.9. The summed E-state index contributed by atoms with van der Waals surface area (Å²) in [5.74, 6) is 1.45. The molecule has 142 valence electrons. The lowest BCUT2D eigenvalue weighted by Crippen LogP contribution is -2.52. The molecular formula is C20H23N3O2S2. The maximum absolute atomic E-state index is 13.1. The number of fused-ring (bicyclic) bond motifs is 2. The van der Waals surface area contributed by atoms with Crippen molar-refractivity contribution < 1.29 is 9.59 Å². The number of piperidine rings is 1. The lowest BCUT2D eigenvalue weighted by atomic mass is 9.97. The minimum atomic E-state index is -0.269. The van der Waals surface area contributed by atoms with E-state index in [4.69, 9.17) is 4.98 Å². The third-order valence-electron chi connectivity index (χ3n) is 6.20. The molecule has 2 unspecified atom stereocenters. The molecule has 1 aromatic carbocycles. The van der Waals surface area contributed by atoms with Crippen molar-refractivity contribution in [2.45, 2.75) is 49.4 Å². The van der Waals surface area contributed by atoms with E-state index in [0.29, 0.717) is 12.3 Å². The van der Waals surface area contributed by atoms with E-state index in [9.17, 15) is 9.59 Å². The smallest absolute Gasteiger partial charge is 0.246 e. The van der Waals surface area contributed by atoms with Crippen LogP contribution in [0, 0.1) is 0 Å². The second-order valence-electron chi connectivity index (χ2n) is 7.88. The Hall–Kier alpha value is -1.60. The molecule has 2 amide bonds. The van der Waals surface area contributed by atoms with E-state index in [-0.39, 0.29) is 22.7 Å². The van der Waals surface area contributed by atoms with Gasteiger partial charge in [0.25, 0.3) is 0 Å². The molecule has 0 radical (unpaired) electrons. The van der Waals surface area contributed by atoms with E-state index < -0.39 is 0 Å². The number of aromatic nitrogens is 1. The largest absolute Gasteiger partial charge is 0.341 e. The lowest BCUT2D eigenvalue weighted by molar-refractivity contribution is -0.144. The maximum Gasteiger partial charge on any atom is 0.246 e. The van der Waals surface area contributed by atoms with Crippen LogP contribution in [0.15, 0.2) is 24.3 Å². The van der Waals surface area contributed by atoms with Crippen LogP contribution in [0.1, 0.15) is 43.5 Å². The number of amides is 2. The summed E-state index contributed by atoms with van der Waals surface area (Å²) in [5, 5.41) is 1.20. The molecule has 27 heavy (non-hydrogen) atoms. The number of benzene rings is 1. The molecular weight excluding hydrogens is 378 g/mol. The molecule has 0 N–H and O–H groups in total. The van der Waals surface area contributed by atoms with Gasteiger partial charge in [0, 0.05) is 31.2 Å². The van der Waals surface area contributed by atoms with Gasteiger partial charge in [-0.05, 0) is 38.3 Å². The van der Waals surface area contributed by atoms with Gasteiger partial charge in [0.1, 0.15) is 6.04 Å². The molecule has 0 bridgehead atoms. The number of likely N-dealkylation sites (tertiary alicyclic amines) is 1. The average molecular weight is 402 g/mol. The Morgan fingerprint density at radius 3 is 2.81 bits per heavy atom. The number of rotatable bonds is 2. The van der Waals surface area contributed by atoms with Crippen LogP contribution in [-0.4, -0.2) is 56.4 Å². The van der Waals surface area contributed by atoms with E-state index in [1.165, 1.54) is 9.71 Å². The molecule has 0 aliphatic carbocycles. The van der Waals surface area contributed by atoms with Crippen LogP contribution in [0.2, 0.25) is 0 Å². The van der Waals surface area contributed by atoms with Gasteiger partial charge in [0.15, 0.2) is 0 Å². The zero-order valence-electron chi connectivity index (χ0n) is 15.4. The number of thioether (sulfide) groups is 1. The van der Waals surface area contributed by atoms with Crippen molar-refractivity contribution >= 4 is 45.1 Å². The molecule has 2 atom stereocenters. The summed E-state index contributed by atoms with van der Waals surface area (Å²) < 4.78 is 1.24. The molecule has 1 aromatic heterocycles. The molecule has 0 spiro atoms. The van der Waals surface area contributed by atoms with Crippen LogP contribution in [0.5, 0.6) is 0 Å². The Morgan fingerprint density at radius 1 is 1.26 bits per heavy atom. The predicted octanol–water partition coefficient (Wildman–Crippen LogP) is 3.46. The molecule has 4 heterocycles.